The van der Waals surface area contributed by atoms with Crippen molar-refractivity contribution in [2.24, 2.45) is 0 Å². The van der Waals surface area contributed by atoms with Gasteiger partial charge in [0.1, 0.15) is 0 Å². The molecule has 0 radical (unpaired) electrons. The minimum atomic E-state index is 1.21. The van der Waals surface area contributed by atoms with Crippen molar-refractivity contribution in [2.45, 2.75) is 34.6 Å². The number of aryl methyl sites for hydroxylation is 1. The van der Waals surface area contributed by atoms with Gasteiger partial charge >= 0.3 is 0 Å². The average Bonchev–Trinajstić information content (AvgIpc) is 2.23. The molecule has 0 aliphatic carbocycles. The second-order valence-electron chi connectivity index (χ2n) is 3.56. The van der Waals surface area contributed by atoms with Gasteiger partial charge in [-0.15, -0.1) is 0 Å². The zero-order valence-corrected chi connectivity index (χ0v) is 10.6. The van der Waals surface area contributed by atoms with E-state index in [9.17, 15) is 0 Å². The minimum Gasteiger partial charge on any atom is -0.0984 e. The third-order valence-electron chi connectivity index (χ3n) is 1.91. The zero-order chi connectivity index (χ0) is 11.8. The van der Waals surface area contributed by atoms with E-state index < -0.39 is 0 Å². The molecule has 1 aromatic carbocycles. The molecule has 0 amide bonds. The van der Waals surface area contributed by atoms with Crippen LogP contribution in [-0.2, 0) is 0 Å². The van der Waals surface area contributed by atoms with E-state index >= 15 is 0 Å². The lowest BCUT2D eigenvalue weighted by atomic mass is 10.0. The highest BCUT2D eigenvalue weighted by Crippen LogP contribution is 2.16. The first-order chi connectivity index (χ1) is 7.13. The predicted molar refractivity (Wildman–Crippen MR) is 71.9 cm³/mol. The normalized spacial score (nSPS) is 8.60. The van der Waals surface area contributed by atoms with Crippen LogP contribution in [0, 0.1) is 6.92 Å². The largest absolute Gasteiger partial charge is 0.0984 e. The molecule has 0 spiro atoms. The Morgan fingerprint density at radius 2 is 1.73 bits per heavy atom. The molecule has 0 bridgehead atoms. The van der Waals surface area contributed by atoms with Crippen molar-refractivity contribution in [3.63, 3.8) is 0 Å². The van der Waals surface area contributed by atoms with Crippen LogP contribution in [0.5, 0.6) is 0 Å². The van der Waals surface area contributed by atoms with Crippen LogP contribution in [-0.4, -0.2) is 0 Å². The van der Waals surface area contributed by atoms with Crippen LogP contribution in [0.2, 0.25) is 0 Å². The van der Waals surface area contributed by atoms with Gasteiger partial charge in [0.05, 0.1) is 0 Å². The van der Waals surface area contributed by atoms with Crippen LogP contribution < -0.4 is 0 Å². The maximum atomic E-state index is 3.81. The molecule has 1 aromatic rings. The Bertz CT molecular complexity index is 339. The van der Waals surface area contributed by atoms with Crippen LogP contribution in [0.1, 0.15) is 44.4 Å². The van der Waals surface area contributed by atoms with Gasteiger partial charge in [-0.2, -0.15) is 0 Å². The van der Waals surface area contributed by atoms with Crippen molar-refractivity contribution < 1.29 is 0 Å². The smallest absolute Gasteiger partial charge is 0.0185 e. The second-order valence-corrected chi connectivity index (χ2v) is 3.56. The first kappa shape index (κ1) is 13.7. The molecule has 0 aliphatic heterocycles. The molecule has 1 rings (SSSR count). The molecule has 0 unspecified atom stereocenters. The summed E-state index contributed by atoms with van der Waals surface area (Å²) in [6.45, 7) is 14.1. The van der Waals surface area contributed by atoms with Gasteiger partial charge in [0.25, 0.3) is 0 Å². The lowest BCUT2D eigenvalue weighted by Crippen LogP contribution is -1.82. The van der Waals surface area contributed by atoms with E-state index in [1.54, 1.807) is 0 Å². The minimum absolute atomic E-state index is 1.21. The predicted octanol–water partition coefficient (Wildman–Crippen LogP) is 5.09. The van der Waals surface area contributed by atoms with E-state index in [-0.39, 0.29) is 0 Å². The molecule has 0 nitrogen and oxygen atoms in total. The van der Waals surface area contributed by atoms with Crippen molar-refractivity contribution >= 4 is 12.2 Å². The fourth-order valence-electron chi connectivity index (χ4n) is 1.31. The maximum Gasteiger partial charge on any atom is -0.0185 e. The van der Waals surface area contributed by atoms with Crippen LogP contribution in [0.15, 0.2) is 30.4 Å². The molecular weight excluding hydrogens is 180 g/mol. The molecule has 0 saturated heterocycles. The highest BCUT2D eigenvalue weighted by Gasteiger charge is 1.95. The van der Waals surface area contributed by atoms with Crippen molar-refractivity contribution in [2.75, 3.05) is 0 Å². The Balaban J connectivity index is 0.000000921. The highest BCUT2D eigenvalue weighted by atomic mass is 14.0. The van der Waals surface area contributed by atoms with Gasteiger partial charge in [-0.3, -0.25) is 0 Å². The first-order valence-electron chi connectivity index (χ1n) is 5.51. The number of benzene rings is 1. The van der Waals surface area contributed by atoms with Gasteiger partial charge in [-0.1, -0.05) is 61.9 Å². The summed E-state index contributed by atoms with van der Waals surface area (Å²) in [4.78, 5) is 0. The lowest BCUT2D eigenvalue weighted by Gasteiger charge is -2.02. The molecule has 0 atom stereocenters. The SMILES string of the molecule is C=Cc1cc(C)ccc1C=C(C)C.CC. The van der Waals surface area contributed by atoms with E-state index in [0.717, 1.165) is 0 Å². The summed E-state index contributed by atoms with van der Waals surface area (Å²) in [7, 11) is 0. The number of hydrogen-bond donors (Lipinski definition) is 0. The molecule has 0 heteroatoms. The fourth-order valence-corrected chi connectivity index (χ4v) is 1.31. The standard InChI is InChI=1S/C13H16.C2H6/c1-5-12-9-11(4)6-7-13(12)8-10(2)3;1-2/h5-9H,1H2,2-4H3;1-2H3. The van der Waals surface area contributed by atoms with Gasteiger partial charge in [0.2, 0.25) is 0 Å². The summed E-state index contributed by atoms with van der Waals surface area (Å²) in [6.07, 6.45) is 4.08. The van der Waals surface area contributed by atoms with E-state index in [0.29, 0.717) is 0 Å². The van der Waals surface area contributed by atoms with Gasteiger partial charge in [0, 0.05) is 0 Å². The molecule has 0 aromatic heterocycles. The van der Waals surface area contributed by atoms with Crippen LogP contribution in [0.25, 0.3) is 12.2 Å². The van der Waals surface area contributed by atoms with Gasteiger partial charge in [-0.25, -0.2) is 0 Å². The Kier molecular flexibility index (Phi) is 6.44. The van der Waals surface area contributed by atoms with Crippen molar-refractivity contribution in [3.8, 4) is 0 Å². The van der Waals surface area contributed by atoms with Crippen LogP contribution >= 0.6 is 0 Å². The lowest BCUT2D eigenvalue weighted by molar-refractivity contribution is 1.40. The number of rotatable bonds is 2. The molecular formula is C15H22. The summed E-state index contributed by atoms with van der Waals surface area (Å²) in [5, 5.41) is 0. The number of hydrogen-bond acceptors (Lipinski definition) is 0. The summed E-state index contributed by atoms with van der Waals surface area (Å²) in [5.41, 5.74) is 5.05. The van der Waals surface area contributed by atoms with Crippen LogP contribution in [0.4, 0.5) is 0 Å². The molecule has 0 fully saturated rings. The molecule has 0 aliphatic rings. The summed E-state index contributed by atoms with van der Waals surface area (Å²) >= 11 is 0. The molecule has 82 valence electrons. The van der Waals surface area contributed by atoms with E-state index in [1.165, 1.54) is 22.3 Å². The molecule has 15 heavy (non-hydrogen) atoms. The Hall–Kier alpha value is -1.30. The van der Waals surface area contributed by atoms with Gasteiger partial charge in [-0.05, 0) is 31.9 Å². The summed E-state index contributed by atoms with van der Waals surface area (Å²) < 4.78 is 0. The Morgan fingerprint density at radius 1 is 1.13 bits per heavy atom. The van der Waals surface area contributed by atoms with Crippen molar-refractivity contribution in [1.82, 2.24) is 0 Å². The second kappa shape index (κ2) is 7.05. The van der Waals surface area contributed by atoms with Crippen molar-refractivity contribution in [1.29, 1.82) is 0 Å². The quantitative estimate of drug-likeness (QED) is 0.626. The van der Waals surface area contributed by atoms with Gasteiger partial charge in [0.15, 0.2) is 0 Å². The summed E-state index contributed by atoms with van der Waals surface area (Å²) in [5.74, 6) is 0. The third kappa shape index (κ3) is 4.64. The number of allylic oxidation sites excluding steroid dienone is 1. The zero-order valence-electron chi connectivity index (χ0n) is 10.6. The Morgan fingerprint density at radius 3 is 2.20 bits per heavy atom. The maximum absolute atomic E-state index is 3.81. The average molecular weight is 202 g/mol. The van der Waals surface area contributed by atoms with Gasteiger partial charge < -0.3 is 0 Å². The van der Waals surface area contributed by atoms with Crippen molar-refractivity contribution in [3.05, 3.63) is 47.0 Å². The monoisotopic (exact) mass is 202 g/mol. The molecule has 0 heterocycles. The van der Waals surface area contributed by atoms with E-state index in [2.05, 4.69) is 51.6 Å². The third-order valence-corrected chi connectivity index (χ3v) is 1.91. The highest BCUT2D eigenvalue weighted by molar-refractivity contribution is 5.66. The molecule has 0 N–H and O–H groups in total. The Labute approximate surface area is 94.3 Å². The first-order valence-corrected chi connectivity index (χ1v) is 5.51. The van der Waals surface area contributed by atoms with E-state index in [4.69, 9.17) is 0 Å². The fraction of sp³-hybridized carbons (Fsp3) is 0.333. The topological polar surface area (TPSA) is 0 Å². The molecule has 0 saturated carbocycles. The summed E-state index contributed by atoms with van der Waals surface area (Å²) in [6, 6.07) is 6.42. The van der Waals surface area contributed by atoms with E-state index in [1.807, 2.05) is 19.9 Å². The van der Waals surface area contributed by atoms with Crippen LogP contribution in [0.3, 0.4) is 0 Å².